The van der Waals surface area contributed by atoms with E-state index in [1.165, 1.54) is 24.3 Å². The topological polar surface area (TPSA) is 109 Å². The molecule has 1 aromatic rings. The zero-order chi connectivity index (χ0) is 14.4. The maximum absolute atomic E-state index is 12.7. The Balaban J connectivity index is 2.59. The largest absolute Gasteiger partial charge is 0.481 e. The van der Waals surface area contributed by atoms with E-state index in [-0.39, 0.29) is 6.42 Å². The minimum absolute atomic E-state index is 0.0936. The van der Waals surface area contributed by atoms with Gasteiger partial charge in [-0.3, -0.25) is 14.4 Å². The molecule has 6 nitrogen and oxygen atoms in total. The van der Waals surface area contributed by atoms with Crippen LogP contribution in [0.5, 0.6) is 0 Å². The second-order valence-corrected chi connectivity index (χ2v) is 3.92. The number of carbonyl (C=O) groups is 3. The van der Waals surface area contributed by atoms with Crippen molar-refractivity contribution in [2.24, 2.45) is 5.73 Å². The van der Waals surface area contributed by atoms with Gasteiger partial charge in [0.1, 0.15) is 11.9 Å². The van der Waals surface area contributed by atoms with Crippen LogP contribution in [0.1, 0.15) is 12.0 Å². The van der Waals surface area contributed by atoms with Gasteiger partial charge in [-0.05, 0) is 17.7 Å². The molecule has 0 heterocycles. The fraction of sp³-hybridized carbons (Fsp3) is 0.250. The Morgan fingerprint density at radius 2 is 1.84 bits per heavy atom. The van der Waals surface area contributed by atoms with Crippen molar-refractivity contribution in [1.29, 1.82) is 0 Å². The first-order chi connectivity index (χ1) is 8.88. The van der Waals surface area contributed by atoms with Crippen molar-refractivity contribution >= 4 is 17.8 Å². The SMILES string of the molecule is NC(=O)[C@H](CC(=O)O)NC(=O)Cc1ccc(F)cc1. The highest BCUT2D eigenvalue weighted by Gasteiger charge is 2.21. The van der Waals surface area contributed by atoms with Gasteiger partial charge in [0.25, 0.3) is 0 Å². The van der Waals surface area contributed by atoms with E-state index in [4.69, 9.17) is 10.8 Å². The third kappa shape index (κ3) is 5.15. The molecule has 1 aromatic carbocycles. The number of carbonyl (C=O) groups excluding carboxylic acids is 2. The van der Waals surface area contributed by atoms with Gasteiger partial charge in [-0.25, -0.2) is 4.39 Å². The highest BCUT2D eigenvalue weighted by Crippen LogP contribution is 2.04. The molecule has 102 valence electrons. The first-order valence-corrected chi connectivity index (χ1v) is 5.43. The van der Waals surface area contributed by atoms with E-state index in [1.807, 2.05) is 0 Å². The number of halogens is 1. The molecule has 1 rings (SSSR count). The van der Waals surface area contributed by atoms with Gasteiger partial charge in [-0.1, -0.05) is 12.1 Å². The summed E-state index contributed by atoms with van der Waals surface area (Å²) in [6, 6.07) is 3.98. The minimum atomic E-state index is -1.26. The number of hydrogen-bond acceptors (Lipinski definition) is 3. The number of carboxylic acids is 1. The van der Waals surface area contributed by atoms with Gasteiger partial charge < -0.3 is 16.2 Å². The van der Waals surface area contributed by atoms with E-state index >= 15 is 0 Å². The summed E-state index contributed by atoms with van der Waals surface area (Å²) in [5.41, 5.74) is 5.52. The average Bonchev–Trinajstić information content (AvgIpc) is 2.30. The molecule has 0 saturated carbocycles. The van der Waals surface area contributed by atoms with E-state index in [1.54, 1.807) is 0 Å². The van der Waals surface area contributed by atoms with Gasteiger partial charge in [0, 0.05) is 0 Å². The number of hydrogen-bond donors (Lipinski definition) is 3. The molecule has 0 aliphatic heterocycles. The van der Waals surface area contributed by atoms with E-state index in [9.17, 15) is 18.8 Å². The third-order valence-electron chi connectivity index (χ3n) is 2.34. The Kier molecular flexibility index (Phi) is 4.99. The zero-order valence-electron chi connectivity index (χ0n) is 9.93. The highest BCUT2D eigenvalue weighted by atomic mass is 19.1. The van der Waals surface area contributed by atoms with Gasteiger partial charge in [-0.15, -0.1) is 0 Å². The van der Waals surface area contributed by atoms with Crippen molar-refractivity contribution in [2.45, 2.75) is 18.9 Å². The lowest BCUT2D eigenvalue weighted by atomic mass is 10.1. The van der Waals surface area contributed by atoms with Crippen molar-refractivity contribution in [2.75, 3.05) is 0 Å². The summed E-state index contributed by atoms with van der Waals surface area (Å²) in [7, 11) is 0. The molecule has 1 atom stereocenters. The summed E-state index contributed by atoms with van der Waals surface area (Å²) in [5, 5.41) is 10.8. The molecular weight excluding hydrogens is 255 g/mol. The molecule has 0 fully saturated rings. The van der Waals surface area contributed by atoms with Crippen LogP contribution in [0.15, 0.2) is 24.3 Å². The molecule has 7 heteroatoms. The van der Waals surface area contributed by atoms with E-state index < -0.39 is 36.1 Å². The number of aliphatic carboxylic acids is 1. The van der Waals surface area contributed by atoms with Crippen molar-refractivity contribution in [3.63, 3.8) is 0 Å². The number of nitrogens with one attached hydrogen (secondary N) is 1. The van der Waals surface area contributed by atoms with Gasteiger partial charge in [0.05, 0.1) is 12.8 Å². The molecule has 0 bridgehead atoms. The van der Waals surface area contributed by atoms with Crippen LogP contribution < -0.4 is 11.1 Å². The maximum Gasteiger partial charge on any atom is 0.305 e. The van der Waals surface area contributed by atoms with Crippen LogP contribution in [0.3, 0.4) is 0 Å². The Morgan fingerprint density at radius 3 is 2.32 bits per heavy atom. The third-order valence-corrected chi connectivity index (χ3v) is 2.34. The number of rotatable bonds is 6. The smallest absolute Gasteiger partial charge is 0.305 e. The predicted molar refractivity (Wildman–Crippen MR) is 63.5 cm³/mol. The van der Waals surface area contributed by atoms with Crippen LogP contribution in [0, 0.1) is 5.82 Å². The van der Waals surface area contributed by atoms with E-state index in [0.29, 0.717) is 5.56 Å². The van der Waals surface area contributed by atoms with Crippen LogP contribution in [0.4, 0.5) is 4.39 Å². The molecule has 4 N–H and O–H groups in total. The lowest BCUT2D eigenvalue weighted by molar-refractivity contribution is -0.140. The summed E-state index contributed by atoms with van der Waals surface area (Å²) in [5.74, 6) is -3.15. The van der Waals surface area contributed by atoms with Crippen LogP contribution in [-0.4, -0.2) is 28.9 Å². The second-order valence-electron chi connectivity index (χ2n) is 3.92. The molecule has 0 aliphatic rings. The number of carboxylic acid groups (broad SMARTS) is 1. The van der Waals surface area contributed by atoms with Gasteiger partial charge in [0.2, 0.25) is 11.8 Å². The van der Waals surface area contributed by atoms with Gasteiger partial charge in [-0.2, -0.15) is 0 Å². The highest BCUT2D eigenvalue weighted by molar-refractivity contribution is 5.90. The van der Waals surface area contributed by atoms with Crippen LogP contribution >= 0.6 is 0 Å². The average molecular weight is 268 g/mol. The fourth-order valence-electron chi connectivity index (χ4n) is 1.43. The predicted octanol–water partition coefficient (Wildman–Crippen LogP) is -0.187. The Hall–Kier alpha value is -2.44. The van der Waals surface area contributed by atoms with Crippen LogP contribution in [0.25, 0.3) is 0 Å². The van der Waals surface area contributed by atoms with Gasteiger partial charge >= 0.3 is 5.97 Å². The maximum atomic E-state index is 12.7. The summed E-state index contributed by atoms with van der Waals surface area (Å²) in [4.78, 5) is 33.0. The monoisotopic (exact) mass is 268 g/mol. The zero-order valence-corrected chi connectivity index (χ0v) is 9.93. The van der Waals surface area contributed by atoms with E-state index in [2.05, 4.69) is 5.32 Å². The summed E-state index contributed by atoms with van der Waals surface area (Å²) in [6.45, 7) is 0. The lowest BCUT2D eigenvalue weighted by Crippen LogP contribution is -2.46. The lowest BCUT2D eigenvalue weighted by Gasteiger charge is -2.13. The standard InChI is InChI=1S/C12H13FN2O4/c13-8-3-1-7(2-4-8)5-10(16)15-9(12(14)19)6-11(17)18/h1-4,9H,5-6H2,(H2,14,19)(H,15,16)(H,17,18)/t9-/m0/s1. The Bertz CT molecular complexity index is 487. The molecular formula is C12H13FN2O4. The van der Waals surface area contributed by atoms with Crippen LogP contribution in [-0.2, 0) is 20.8 Å². The van der Waals surface area contributed by atoms with Gasteiger partial charge in [0.15, 0.2) is 0 Å². The molecule has 2 amide bonds. The fourth-order valence-corrected chi connectivity index (χ4v) is 1.43. The first kappa shape index (κ1) is 14.6. The molecule has 0 radical (unpaired) electrons. The number of primary amides is 1. The normalized spacial score (nSPS) is 11.6. The van der Waals surface area contributed by atoms with Crippen molar-refractivity contribution in [3.05, 3.63) is 35.6 Å². The second kappa shape index (κ2) is 6.48. The molecule has 19 heavy (non-hydrogen) atoms. The molecule has 0 spiro atoms. The Morgan fingerprint density at radius 1 is 1.26 bits per heavy atom. The quantitative estimate of drug-likeness (QED) is 0.664. The van der Waals surface area contributed by atoms with E-state index in [0.717, 1.165) is 0 Å². The summed E-state index contributed by atoms with van der Waals surface area (Å²) >= 11 is 0. The number of nitrogens with two attached hydrogens (primary N) is 1. The Labute approximate surface area is 108 Å². The summed E-state index contributed by atoms with van der Waals surface area (Å²) in [6.07, 6.45) is -0.672. The molecule has 0 aliphatic carbocycles. The minimum Gasteiger partial charge on any atom is -0.481 e. The number of amides is 2. The first-order valence-electron chi connectivity index (χ1n) is 5.43. The van der Waals surface area contributed by atoms with Crippen molar-refractivity contribution < 1.29 is 23.9 Å². The molecule has 0 aromatic heterocycles. The van der Waals surface area contributed by atoms with Crippen molar-refractivity contribution in [3.8, 4) is 0 Å². The van der Waals surface area contributed by atoms with Crippen LogP contribution in [0.2, 0.25) is 0 Å². The molecule has 0 unspecified atom stereocenters. The number of benzene rings is 1. The summed E-state index contributed by atoms with van der Waals surface area (Å²) < 4.78 is 12.7. The van der Waals surface area contributed by atoms with Crippen molar-refractivity contribution in [1.82, 2.24) is 5.32 Å². The molecule has 0 saturated heterocycles.